The van der Waals surface area contributed by atoms with Crippen molar-refractivity contribution in [2.24, 2.45) is 5.41 Å². The molecule has 6 nitrogen and oxygen atoms in total. The van der Waals surface area contributed by atoms with E-state index in [1.807, 2.05) is 0 Å². The molecule has 2 atom stereocenters. The van der Waals surface area contributed by atoms with Crippen LogP contribution in [0.4, 0.5) is 0 Å². The minimum absolute atomic E-state index is 0.131. The number of aliphatic carboxylic acids is 1. The van der Waals surface area contributed by atoms with Crippen LogP contribution in [0.2, 0.25) is 0 Å². The van der Waals surface area contributed by atoms with E-state index in [1.165, 1.54) is 12.1 Å². The summed E-state index contributed by atoms with van der Waals surface area (Å²) in [6.45, 7) is 1.62. The molecule has 0 aliphatic heterocycles. The van der Waals surface area contributed by atoms with Gasteiger partial charge in [0.1, 0.15) is 16.9 Å². The number of aliphatic hydroxyl groups excluding tert-OH is 1. The first-order valence-electron chi connectivity index (χ1n) is 6.91. The van der Waals surface area contributed by atoms with Crippen molar-refractivity contribution in [3.63, 3.8) is 0 Å². The minimum atomic E-state index is -1.62. The molecule has 0 saturated carbocycles. The van der Waals surface area contributed by atoms with Gasteiger partial charge in [0, 0.05) is 6.42 Å². The predicted octanol–water partition coefficient (Wildman–Crippen LogP) is 1.84. The Kier molecular flexibility index (Phi) is 4.23. The zero-order chi connectivity index (χ0) is 16.5. The molecule has 0 spiro atoms. The van der Waals surface area contributed by atoms with Crippen LogP contribution in [0.3, 0.4) is 0 Å². The lowest BCUT2D eigenvalue weighted by Gasteiger charge is -2.37. The van der Waals surface area contributed by atoms with Crippen molar-refractivity contribution < 1.29 is 30.0 Å². The molecule has 0 amide bonds. The van der Waals surface area contributed by atoms with Gasteiger partial charge in [-0.05, 0) is 43.5 Å². The second-order valence-electron chi connectivity index (χ2n) is 5.65. The molecule has 0 unspecified atom stereocenters. The lowest BCUT2D eigenvalue weighted by atomic mass is 9.68. The van der Waals surface area contributed by atoms with Gasteiger partial charge in [0.25, 0.3) is 0 Å². The summed E-state index contributed by atoms with van der Waals surface area (Å²) in [6, 6.07) is 3.48. The second-order valence-corrected chi connectivity index (χ2v) is 5.65. The summed E-state index contributed by atoms with van der Waals surface area (Å²) in [5.41, 5.74) is -1.25. The highest BCUT2D eigenvalue weighted by Gasteiger charge is 2.48. The van der Waals surface area contributed by atoms with Gasteiger partial charge in [-0.25, -0.2) is 0 Å². The summed E-state index contributed by atoms with van der Waals surface area (Å²) in [5, 5.41) is 39.0. The number of aliphatic hydroxyl groups is 1. The number of rotatable bonds is 4. The molecule has 118 valence electrons. The topological polar surface area (TPSA) is 115 Å². The van der Waals surface area contributed by atoms with Crippen LogP contribution in [0.15, 0.2) is 29.8 Å². The zero-order valence-electron chi connectivity index (χ0n) is 12.1. The van der Waals surface area contributed by atoms with Gasteiger partial charge in [-0.1, -0.05) is 6.08 Å². The quantitative estimate of drug-likeness (QED) is 0.383. The van der Waals surface area contributed by atoms with Crippen LogP contribution >= 0.6 is 0 Å². The number of ketones is 1. The molecular formula is C16H18O6. The maximum Gasteiger partial charge on any atom is 0.313 e. The fourth-order valence-electron chi connectivity index (χ4n) is 2.86. The van der Waals surface area contributed by atoms with Crippen molar-refractivity contribution >= 4 is 11.8 Å². The van der Waals surface area contributed by atoms with Crippen LogP contribution in [0.25, 0.3) is 0 Å². The third-order valence-electron chi connectivity index (χ3n) is 4.19. The van der Waals surface area contributed by atoms with Gasteiger partial charge >= 0.3 is 5.97 Å². The number of allylic oxidation sites excluding steroid dienone is 1. The maximum absolute atomic E-state index is 12.4. The average Bonchev–Trinajstić information content (AvgIpc) is 2.46. The fraction of sp³-hybridized carbons (Fsp3) is 0.375. The average molecular weight is 306 g/mol. The van der Waals surface area contributed by atoms with Crippen molar-refractivity contribution in [3.8, 4) is 11.5 Å². The molecule has 0 heterocycles. The van der Waals surface area contributed by atoms with E-state index in [1.54, 1.807) is 13.0 Å². The molecule has 1 aromatic carbocycles. The first-order chi connectivity index (χ1) is 10.3. The lowest BCUT2D eigenvalue weighted by molar-refractivity contribution is -0.156. The Morgan fingerprint density at radius 2 is 2.00 bits per heavy atom. The molecule has 1 aliphatic rings. The molecule has 1 aliphatic carbocycles. The third kappa shape index (κ3) is 2.69. The Morgan fingerprint density at radius 3 is 2.64 bits per heavy atom. The summed E-state index contributed by atoms with van der Waals surface area (Å²) >= 11 is 0. The Morgan fingerprint density at radius 1 is 1.32 bits per heavy atom. The number of benzene rings is 1. The molecule has 0 fully saturated rings. The van der Waals surface area contributed by atoms with Gasteiger partial charge in [0.15, 0.2) is 5.78 Å². The number of hydrogen-bond donors (Lipinski definition) is 4. The Bertz CT molecular complexity index is 648. The molecule has 0 bridgehead atoms. The summed E-state index contributed by atoms with van der Waals surface area (Å²) in [7, 11) is 0. The van der Waals surface area contributed by atoms with Crippen molar-refractivity contribution in [1.82, 2.24) is 0 Å². The molecule has 0 saturated heterocycles. The van der Waals surface area contributed by atoms with Crippen LogP contribution in [0.1, 0.15) is 36.5 Å². The highest BCUT2D eigenvalue weighted by atomic mass is 16.4. The number of phenols is 2. The van der Waals surface area contributed by atoms with E-state index >= 15 is 0 Å². The van der Waals surface area contributed by atoms with Crippen LogP contribution in [0, 0.1) is 5.41 Å². The van der Waals surface area contributed by atoms with Gasteiger partial charge in [0.2, 0.25) is 0 Å². The van der Waals surface area contributed by atoms with E-state index in [0.29, 0.717) is 12.0 Å². The number of carbonyl (C=O) groups excluding carboxylic acids is 1. The number of phenolic OH excluding ortho intramolecular Hbond substituents is 2. The highest BCUT2D eigenvalue weighted by molar-refractivity contribution is 6.01. The first-order valence-corrected chi connectivity index (χ1v) is 6.91. The Labute approximate surface area is 127 Å². The standard InChI is InChI=1S/C16H18O6/c1-9-3-2-6-16(14(9)20,15(21)22)8-13(19)11-7-10(17)4-5-12(11)18/h3-5,7,14,17-18,20H,2,6,8H2,1H3,(H,21,22)/t14-,16-/m0/s1. The molecule has 0 radical (unpaired) electrons. The summed E-state index contributed by atoms with van der Waals surface area (Å²) in [4.78, 5) is 24.1. The SMILES string of the molecule is CC1=CCC[C@@](CC(=O)c2cc(O)ccc2O)(C(=O)O)[C@H]1O. The van der Waals surface area contributed by atoms with Gasteiger partial charge in [0.05, 0.1) is 11.7 Å². The summed E-state index contributed by atoms with van der Waals surface area (Å²) < 4.78 is 0. The second kappa shape index (κ2) is 5.81. The number of carboxylic acid groups (broad SMARTS) is 1. The molecule has 0 aromatic heterocycles. The van der Waals surface area contributed by atoms with E-state index < -0.39 is 29.7 Å². The van der Waals surface area contributed by atoms with Crippen molar-refractivity contribution in [2.75, 3.05) is 0 Å². The number of carbonyl (C=O) groups is 2. The van der Waals surface area contributed by atoms with Crippen LogP contribution in [-0.2, 0) is 4.79 Å². The van der Waals surface area contributed by atoms with Crippen molar-refractivity contribution in [3.05, 3.63) is 35.4 Å². The molecule has 1 aromatic rings. The van der Waals surface area contributed by atoms with Crippen molar-refractivity contribution in [1.29, 1.82) is 0 Å². The molecule has 2 rings (SSSR count). The molecule has 4 N–H and O–H groups in total. The normalized spacial score (nSPS) is 24.6. The summed E-state index contributed by atoms with van der Waals surface area (Å²) in [5.74, 6) is -2.42. The number of carboxylic acids is 1. The van der Waals surface area contributed by atoms with Crippen molar-refractivity contribution in [2.45, 2.75) is 32.3 Å². The van der Waals surface area contributed by atoms with E-state index in [9.17, 15) is 30.0 Å². The monoisotopic (exact) mass is 306 g/mol. The fourth-order valence-corrected chi connectivity index (χ4v) is 2.86. The van der Waals surface area contributed by atoms with Gasteiger partial charge in [-0.3, -0.25) is 9.59 Å². The van der Waals surface area contributed by atoms with E-state index in [4.69, 9.17) is 0 Å². The largest absolute Gasteiger partial charge is 0.508 e. The van der Waals surface area contributed by atoms with Crippen LogP contribution in [0.5, 0.6) is 11.5 Å². The Balaban J connectivity index is 2.37. The van der Waals surface area contributed by atoms with Gasteiger partial charge < -0.3 is 20.4 Å². The maximum atomic E-state index is 12.4. The number of hydrogen-bond acceptors (Lipinski definition) is 5. The summed E-state index contributed by atoms with van der Waals surface area (Å²) in [6.07, 6.45) is 0.622. The zero-order valence-corrected chi connectivity index (χ0v) is 12.1. The molecule has 22 heavy (non-hydrogen) atoms. The van der Waals surface area contributed by atoms with E-state index in [2.05, 4.69) is 0 Å². The Hall–Kier alpha value is -2.34. The molecule has 6 heteroatoms. The minimum Gasteiger partial charge on any atom is -0.508 e. The third-order valence-corrected chi connectivity index (χ3v) is 4.19. The van der Waals surface area contributed by atoms with Crippen LogP contribution < -0.4 is 0 Å². The lowest BCUT2D eigenvalue weighted by Crippen LogP contribution is -2.46. The predicted molar refractivity (Wildman–Crippen MR) is 77.8 cm³/mol. The first kappa shape index (κ1) is 16.0. The highest BCUT2D eigenvalue weighted by Crippen LogP contribution is 2.41. The number of aromatic hydroxyl groups is 2. The van der Waals surface area contributed by atoms with E-state index in [-0.39, 0.29) is 23.5 Å². The van der Waals surface area contributed by atoms with E-state index in [0.717, 1.165) is 6.07 Å². The van der Waals surface area contributed by atoms with Gasteiger partial charge in [-0.15, -0.1) is 0 Å². The molecular weight excluding hydrogens is 288 g/mol. The van der Waals surface area contributed by atoms with Crippen LogP contribution in [-0.4, -0.2) is 38.3 Å². The smallest absolute Gasteiger partial charge is 0.313 e. The van der Waals surface area contributed by atoms with Gasteiger partial charge in [-0.2, -0.15) is 0 Å². The number of Topliss-reactive ketones (excluding diaryl/α,β-unsaturated/α-hetero) is 1.